The Morgan fingerprint density at radius 1 is 1.27 bits per heavy atom. The van der Waals surface area contributed by atoms with Crippen molar-refractivity contribution >= 4 is 33.3 Å². The molecule has 2 aliphatic heterocycles. The van der Waals surface area contributed by atoms with Crippen LogP contribution in [0, 0.1) is 6.92 Å². The fourth-order valence-corrected chi connectivity index (χ4v) is 5.35. The molecule has 0 radical (unpaired) electrons. The van der Waals surface area contributed by atoms with Gasteiger partial charge in [-0.15, -0.1) is 11.3 Å². The van der Waals surface area contributed by atoms with Gasteiger partial charge in [0.2, 0.25) is 0 Å². The van der Waals surface area contributed by atoms with E-state index >= 15 is 0 Å². The van der Waals surface area contributed by atoms with Gasteiger partial charge in [-0.3, -0.25) is 9.69 Å². The van der Waals surface area contributed by atoms with E-state index in [0.29, 0.717) is 6.04 Å². The van der Waals surface area contributed by atoms with Gasteiger partial charge >= 0.3 is 0 Å². The summed E-state index contributed by atoms with van der Waals surface area (Å²) >= 11 is 1.50. The molecule has 1 amide bonds. The van der Waals surface area contributed by atoms with Gasteiger partial charge in [0.15, 0.2) is 0 Å². The summed E-state index contributed by atoms with van der Waals surface area (Å²) < 4.78 is 0. The molecule has 0 aromatic carbocycles. The molecule has 0 aliphatic carbocycles. The van der Waals surface area contributed by atoms with Gasteiger partial charge in [-0.2, -0.15) is 0 Å². The monoisotopic (exact) mass is 373 g/mol. The van der Waals surface area contributed by atoms with Crippen molar-refractivity contribution in [3.05, 3.63) is 16.8 Å². The average molecular weight is 374 g/mol. The fourth-order valence-electron chi connectivity index (χ4n) is 4.23. The maximum atomic E-state index is 12.9. The molecule has 26 heavy (non-hydrogen) atoms. The van der Waals surface area contributed by atoms with Crippen LogP contribution in [-0.4, -0.2) is 64.4 Å². The quantitative estimate of drug-likeness (QED) is 0.872. The Bertz CT molecular complexity index is 799. The maximum Gasteiger partial charge on any atom is 0.264 e. The van der Waals surface area contributed by atoms with Crippen LogP contribution in [0.4, 0.5) is 5.82 Å². The van der Waals surface area contributed by atoms with Gasteiger partial charge in [-0.05, 0) is 51.3 Å². The van der Waals surface area contributed by atoms with E-state index in [2.05, 4.69) is 27.1 Å². The predicted octanol–water partition coefficient (Wildman–Crippen LogP) is 3.13. The number of nitrogens with zero attached hydrogens (tertiary/aromatic N) is 4. The lowest BCUT2D eigenvalue weighted by molar-refractivity contribution is 0.0797. The van der Waals surface area contributed by atoms with Crippen LogP contribution in [0.2, 0.25) is 0 Å². The Hall–Kier alpha value is -1.73. The number of thiophene rings is 1. The molecule has 0 spiro atoms. The maximum absolute atomic E-state index is 12.9. The lowest BCUT2D eigenvalue weighted by atomic mass is 10.1. The highest BCUT2D eigenvalue weighted by Gasteiger charge is 2.26. The van der Waals surface area contributed by atoms with E-state index in [1.54, 1.807) is 6.33 Å². The second-order valence-electron chi connectivity index (χ2n) is 7.26. The number of aryl methyl sites for hydroxylation is 1. The molecule has 6 nitrogen and oxygen atoms in total. The Morgan fingerprint density at radius 3 is 2.85 bits per heavy atom. The summed E-state index contributed by atoms with van der Waals surface area (Å²) in [5, 5.41) is 4.56. The smallest absolute Gasteiger partial charge is 0.264 e. The molecule has 4 rings (SSSR count). The van der Waals surface area contributed by atoms with Crippen molar-refractivity contribution in [1.82, 2.24) is 19.8 Å². The summed E-state index contributed by atoms with van der Waals surface area (Å²) in [5.74, 6) is 1.02. The highest BCUT2D eigenvalue weighted by Crippen LogP contribution is 2.34. The number of likely N-dealkylation sites (N-methyl/N-ethyl adjacent to an activating group) is 1. The second-order valence-corrected chi connectivity index (χ2v) is 8.26. The Labute approximate surface area is 158 Å². The van der Waals surface area contributed by atoms with Crippen LogP contribution in [0.5, 0.6) is 0 Å². The molecule has 7 heteroatoms. The minimum atomic E-state index is 0.155. The molecule has 4 heterocycles. The normalized spacial score (nSPS) is 21.0. The van der Waals surface area contributed by atoms with Gasteiger partial charge in [0.05, 0.1) is 10.3 Å². The van der Waals surface area contributed by atoms with Gasteiger partial charge in [-0.25, -0.2) is 9.97 Å². The highest BCUT2D eigenvalue weighted by molar-refractivity contribution is 7.20. The van der Waals surface area contributed by atoms with Crippen LogP contribution >= 0.6 is 11.3 Å². The van der Waals surface area contributed by atoms with E-state index in [1.165, 1.54) is 30.7 Å². The Morgan fingerprint density at radius 2 is 2.08 bits per heavy atom. The number of hydrogen-bond donors (Lipinski definition) is 1. The van der Waals surface area contributed by atoms with Gasteiger partial charge < -0.3 is 10.2 Å². The van der Waals surface area contributed by atoms with Crippen LogP contribution in [0.25, 0.3) is 10.2 Å². The van der Waals surface area contributed by atoms with Crippen molar-refractivity contribution in [1.29, 1.82) is 0 Å². The first-order valence-corrected chi connectivity index (χ1v) is 10.5. The molecular weight excluding hydrogens is 346 g/mol. The van der Waals surface area contributed by atoms with E-state index in [0.717, 1.165) is 65.5 Å². The highest BCUT2D eigenvalue weighted by atomic mass is 32.1. The van der Waals surface area contributed by atoms with Crippen LogP contribution in [0.3, 0.4) is 0 Å². The molecular formula is C19H27N5OS. The molecule has 0 bridgehead atoms. The summed E-state index contributed by atoms with van der Waals surface area (Å²) in [4.78, 5) is 28.0. The molecule has 2 aromatic rings. The Kier molecular flexibility index (Phi) is 5.09. The first-order valence-electron chi connectivity index (χ1n) is 9.70. The van der Waals surface area contributed by atoms with Crippen LogP contribution in [0.1, 0.15) is 47.8 Å². The van der Waals surface area contributed by atoms with Gasteiger partial charge in [0.25, 0.3) is 5.91 Å². The molecule has 2 saturated heterocycles. The third-order valence-electron chi connectivity index (χ3n) is 5.72. The summed E-state index contributed by atoms with van der Waals surface area (Å²) in [5.41, 5.74) is 1.02. The molecule has 1 N–H and O–H groups in total. The summed E-state index contributed by atoms with van der Waals surface area (Å²) in [6.07, 6.45) is 6.33. The molecule has 2 aromatic heterocycles. The number of carbonyl (C=O) groups excluding carboxylic acids is 1. The van der Waals surface area contributed by atoms with Crippen LogP contribution < -0.4 is 5.32 Å². The van der Waals surface area contributed by atoms with E-state index in [4.69, 9.17) is 0 Å². The summed E-state index contributed by atoms with van der Waals surface area (Å²) in [7, 11) is 0. The summed E-state index contributed by atoms with van der Waals surface area (Å²) in [6, 6.07) is 0.564. The standard InChI is InChI=1S/C19H27N5OS/c1-3-23-10-6-7-14(23)11-20-17-15-13(2)16(26-18(15)22-12-21-17)19(25)24-8-4-5-9-24/h12,14H,3-11H2,1-2H3,(H,20,21,22). The predicted molar refractivity (Wildman–Crippen MR) is 106 cm³/mol. The lowest BCUT2D eigenvalue weighted by Gasteiger charge is -2.23. The van der Waals surface area contributed by atoms with Crippen molar-refractivity contribution in [2.24, 2.45) is 0 Å². The summed E-state index contributed by atoms with van der Waals surface area (Å²) in [6.45, 7) is 9.18. The van der Waals surface area contributed by atoms with E-state index in [-0.39, 0.29) is 5.91 Å². The lowest BCUT2D eigenvalue weighted by Crippen LogP contribution is -2.34. The molecule has 1 atom stereocenters. The zero-order chi connectivity index (χ0) is 18.1. The molecule has 2 aliphatic rings. The molecule has 140 valence electrons. The van der Waals surface area contributed by atoms with Crippen molar-refractivity contribution in [2.45, 2.75) is 45.6 Å². The number of likely N-dealkylation sites (tertiary alicyclic amines) is 2. The van der Waals surface area contributed by atoms with Crippen molar-refractivity contribution in [3.8, 4) is 0 Å². The van der Waals surface area contributed by atoms with Crippen molar-refractivity contribution < 1.29 is 4.79 Å². The number of hydrogen-bond acceptors (Lipinski definition) is 6. The Balaban J connectivity index is 1.58. The van der Waals surface area contributed by atoms with Gasteiger partial charge in [0.1, 0.15) is 17.0 Å². The topological polar surface area (TPSA) is 61.4 Å². The average Bonchev–Trinajstić information content (AvgIpc) is 3.39. The first kappa shape index (κ1) is 17.7. The number of rotatable bonds is 5. The zero-order valence-electron chi connectivity index (χ0n) is 15.6. The first-order chi connectivity index (χ1) is 12.7. The van der Waals surface area contributed by atoms with Gasteiger partial charge in [0, 0.05) is 25.7 Å². The van der Waals surface area contributed by atoms with Crippen molar-refractivity contribution in [3.63, 3.8) is 0 Å². The number of anilines is 1. The van der Waals surface area contributed by atoms with Crippen LogP contribution in [-0.2, 0) is 0 Å². The number of carbonyl (C=O) groups is 1. The minimum Gasteiger partial charge on any atom is -0.368 e. The molecule has 1 unspecified atom stereocenters. The third-order valence-corrected chi connectivity index (χ3v) is 6.91. The van der Waals surface area contributed by atoms with E-state index < -0.39 is 0 Å². The van der Waals surface area contributed by atoms with Crippen molar-refractivity contribution in [2.75, 3.05) is 38.0 Å². The minimum absolute atomic E-state index is 0.155. The van der Waals surface area contributed by atoms with Gasteiger partial charge in [-0.1, -0.05) is 6.92 Å². The molecule has 2 fully saturated rings. The van der Waals surface area contributed by atoms with E-state index in [9.17, 15) is 4.79 Å². The fraction of sp³-hybridized carbons (Fsp3) is 0.632. The van der Waals surface area contributed by atoms with Crippen LogP contribution in [0.15, 0.2) is 6.33 Å². The molecule has 0 saturated carbocycles. The number of nitrogens with one attached hydrogen (secondary N) is 1. The third kappa shape index (κ3) is 3.18. The number of amides is 1. The second kappa shape index (κ2) is 7.48. The largest absolute Gasteiger partial charge is 0.368 e. The van der Waals surface area contributed by atoms with E-state index in [1.807, 2.05) is 11.8 Å². The number of fused-ring (bicyclic) bond motifs is 1. The number of aromatic nitrogens is 2. The SMILES string of the molecule is CCN1CCCC1CNc1ncnc2sc(C(=O)N3CCCC3)c(C)c12. The zero-order valence-corrected chi connectivity index (χ0v) is 16.4.